The standard InChI is InChI=1S/C24H29N3O4S/c28-24(11-5-8-20-17-25-23-10-4-3-9-22(20)23)26-16-19-6-1-2-7-21(19)18-32(29,30)27-12-14-31-15-13-27/h1-4,6-7,9-10,17,25H,5,8,11-16,18H2,(H,26,28). The summed E-state index contributed by atoms with van der Waals surface area (Å²) in [7, 11) is -3.42. The van der Waals surface area contributed by atoms with Crippen LogP contribution >= 0.6 is 0 Å². The number of hydrogen-bond acceptors (Lipinski definition) is 4. The van der Waals surface area contributed by atoms with Gasteiger partial charge in [0, 0.05) is 43.2 Å². The van der Waals surface area contributed by atoms with Crippen molar-refractivity contribution in [2.45, 2.75) is 31.6 Å². The van der Waals surface area contributed by atoms with Crippen LogP contribution in [0.1, 0.15) is 29.5 Å². The maximum Gasteiger partial charge on any atom is 0.220 e. The number of amides is 1. The molecule has 0 saturated carbocycles. The van der Waals surface area contributed by atoms with Crippen molar-refractivity contribution >= 4 is 26.8 Å². The number of morpholine rings is 1. The third-order valence-corrected chi connectivity index (χ3v) is 7.65. The number of carbonyl (C=O) groups excluding carboxylic acids is 1. The normalized spacial score (nSPS) is 15.1. The molecule has 7 nitrogen and oxygen atoms in total. The first kappa shape index (κ1) is 22.5. The summed E-state index contributed by atoms with van der Waals surface area (Å²) in [6.07, 6.45) is 4.01. The van der Waals surface area contributed by atoms with E-state index in [-0.39, 0.29) is 11.7 Å². The molecule has 0 unspecified atom stereocenters. The number of H-pyrrole nitrogens is 1. The molecule has 4 rings (SSSR count). The Labute approximate surface area is 188 Å². The molecule has 1 amide bonds. The number of aryl methyl sites for hydroxylation is 1. The number of fused-ring (bicyclic) bond motifs is 1. The second-order valence-corrected chi connectivity index (χ2v) is 10.00. The molecule has 0 radical (unpaired) electrons. The van der Waals surface area contributed by atoms with Gasteiger partial charge in [-0.2, -0.15) is 4.31 Å². The van der Waals surface area contributed by atoms with Crippen molar-refractivity contribution in [3.05, 3.63) is 71.4 Å². The van der Waals surface area contributed by atoms with E-state index < -0.39 is 10.0 Å². The molecule has 1 aliphatic rings. The van der Waals surface area contributed by atoms with E-state index in [4.69, 9.17) is 4.74 Å². The van der Waals surface area contributed by atoms with Crippen molar-refractivity contribution in [1.29, 1.82) is 0 Å². The molecule has 170 valence electrons. The number of ether oxygens (including phenoxy) is 1. The molecular weight excluding hydrogens is 426 g/mol. The highest BCUT2D eigenvalue weighted by molar-refractivity contribution is 7.88. The van der Waals surface area contributed by atoms with Gasteiger partial charge in [0.1, 0.15) is 0 Å². The SMILES string of the molecule is O=C(CCCc1c[nH]c2ccccc12)NCc1ccccc1CS(=O)(=O)N1CCOCC1. The molecule has 2 aromatic carbocycles. The Hall–Kier alpha value is -2.68. The van der Waals surface area contributed by atoms with E-state index >= 15 is 0 Å². The van der Waals surface area contributed by atoms with Gasteiger partial charge in [0.2, 0.25) is 15.9 Å². The number of nitrogens with one attached hydrogen (secondary N) is 2. The van der Waals surface area contributed by atoms with Crippen LogP contribution in [0, 0.1) is 0 Å². The molecule has 0 bridgehead atoms. The summed E-state index contributed by atoms with van der Waals surface area (Å²) in [6.45, 7) is 1.95. The number of aromatic nitrogens is 1. The van der Waals surface area contributed by atoms with E-state index in [0.717, 1.165) is 29.5 Å². The molecule has 0 spiro atoms. The lowest BCUT2D eigenvalue weighted by Gasteiger charge is -2.26. The van der Waals surface area contributed by atoms with E-state index in [1.54, 1.807) is 0 Å². The van der Waals surface area contributed by atoms with Crippen molar-refractivity contribution in [2.24, 2.45) is 0 Å². The fraction of sp³-hybridized carbons (Fsp3) is 0.375. The van der Waals surface area contributed by atoms with Crippen LogP contribution in [-0.4, -0.2) is 49.9 Å². The Balaban J connectivity index is 1.29. The number of benzene rings is 2. The minimum atomic E-state index is -3.42. The fourth-order valence-electron chi connectivity index (χ4n) is 4.04. The number of carbonyl (C=O) groups is 1. The first-order chi connectivity index (χ1) is 15.5. The van der Waals surface area contributed by atoms with Gasteiger partial charge >= 0.3 is 0 Å². The molecular formula is C24H29N3O4S. The fourth-order valence-corrected chi connectivity index (χ4v) is 5.61. The number of aromatic amines is 1. The summed E-state index contributed by atoms with van der Waals surface area (Å²) in [5.41, 5.74) is 3.87. The van der Waals surface area contributed by atoms with Gasteiger partial charge in [0.15, 0.2) is 0 Å². The van der Waals surface area contributed by atoms with Gasteiger partial charge in [-0.1, -0.05) is 42.5 Å². The zero-order valence-electron chi connectivity index (χ0n) is 18.0. The van der Waals surface area contributed by atoms with Crippen molar-refractivity contribution in [3.63, 3.8) is 0 Å². The van der Waals surface area contributed by atoms with Crippen LogP contribution in [0.2, 0.25) is 0 Å². The van der Waals surface area contributed by atoms with Crippen LogP contribution in [-0.2, 0) is 38.3 Å². The zero-order valence-corrected chi connectivity index (χ0v) is 18.9. The van der Waals surface area contributed by atoms with Crippen LogP contribution in [0.15, 0.2) is 54.7 Å². The summed E-state index contributed by atoms with van der Waals surface area (Å²) in [4.78, 5) is 15.7. The maximum absolute atomic E-state index is 12.8. The highest BCUT2D eigenvalue weighted by atomic mass is 32.2. The number of para-hydroxylation sites is 1. The van der Waals surface area contributed by atoms with Gasteiger partial charge in [-0.25, -0.2) is 8.42 Å². The Morgan fingerprint density at radius 1 is 1.00 bits per heavy atom. The molecule has 2 heterocycles. The van der Waals surface area contributed by atoms with Gasteiger partial charge in [-0.3, -0.25) is 4.79 Å². The Kier molecular flexibility index (Phi) is 7.24. The lowest BCUT2D eigenvalue weighted by Crippen LogP contribution is -2.41. The van der Waals surface area contributed by atoms with Crippen molar-refractivity contribution < 1.29 is 17.9 Å². The highest BCUT2D eigenvalue weighted by Gasteiger charge is 2.25. The molecule has 32 heavy (non-hydrogen) atoms. The van der Waals surface area contributed by atoms with Crippen molar-refractivity contribution in [3.8, 4) is 0 Å². The second kappa shape index (κ2) is 10.3. The summed E-state index contributed by atoms with van der Waals surface area (Å²) >= 11 is 0. The van der Waals surface area contributed by atoms with Gasteiger partial charge in [0.25, 0.3) is 0 Å². The van der Waals surface area contributed by atoms with E-state index in [2.05, 4.69) is 16.4 Å². The molecule has 1 aliphatic heterocycles. The Bertz CT molecular complexity index is 1170. The minimum Gasteiger partial charge on any atom is -0.379 e. The molecule has 3 aromatic rings. The first-order valence-corrected chi connectivity index (χ1v) is 12.6. The maximum atomic E-state index is 12.8. The van der Waals surface area contributed by atoms with E-state index in [1.165, 1.54) is 15.3 Å². The van der Waals surface area contributed by atoms with E-state index in [0.29, 0.717) is 39.3 Å². The van der Waals surface area contributed by atoms with E-state index in [9.17, 15) is 13.2 Å². The van der Waals surface area contributed by atoms with Crippen LogP contribution in [0.3, 0.4) is 0 Å². The molecule has 2 N–H and O–H groups in total. The Morgan fingerprint density at radius 3 is 2.53 bits per heavy atom. The molecule has 8 heteroatoms. The highest BCUT2D eigenvalue weighted by Crippen LogP contribution is 2.20. The predicted molar refractivity (Wildman–Crippen MR) is 125 cm³/mol. The smallest absolute Gasteiger partial charge is 0.220 e. The summed E-state index contributed by atoms with van der Waals surface area (Å²) < 4.78 is 32.3. The van der Waals surface area contributed by atoms with Gasteiger partial charge in [-0.05, 0) is 35.6 Å². The van der Waals surface area contributed by atoms with E-state index in [1.807, 2.05) is 48.7 Å². The third-order valence-electron chi connectivity index (χ3n) is 5.82. The zero-order chi connectivity index (χ0) is 22.4. The topological polar surface area (TPSA) is 91.5 Å². The Morgan fingerprint density at radius 2 is 1.72 bits per heavy atom. The molecule has 1 saturated heterocycles. The van der Waals surface area contributed by atoms with Crippen LogP contribution in [0.25, 0.3) is 10.9 Å². The van der Waals surface area contributed by atoms with Gasteiger partial charge in [0.05, 0.1) is 19.0 Å². The average molecular weight is 456 g/mol. The number of nitrogens with zero attached hydrogens (tertiary/aromatic N) is 1. The predicted octanol–water partition coefficient (Wildman–Crippen LogP) is 2.97. The molecule has 0 atom stereocenters. The number of sulfonamides is 1. The molecule has 1 aromatic heterocycles. The summed E-state index contributed by atoms with van der Waals surface area (Å²) in [6, 6.07) is 15.5. The lowest BCUT2D eigenvalue weighted by atomic mass is 10.1. The van der Waals surface area contributed by atoms with Crippen LogP contribution < -0.4 is 5.32 Å². The quantitative estimate of drug-likeness (QED) is 0.519. The monoisotopic (exact) mass is 455 g/mol. The summed E-state index contributed by atoms with van der Waals surface area (Å²) in [5.74, 6) is -0.102. The molecule has 0 aliphatic carbocycles. The van der Waals surface area contributed by atoms with Crippen LogP contribution in [0.4, 0.5) is 0 Å². The van der Waals surface area contributed by atoms with Gasteiger partial charge in [-0.15, -0.1) is 0 Å². The van der Waals surface area contributed by atoms with Crippen molar-refractivity contribution in [2.75, 3.05) is 26.3 Å². The number of hydrogen-bond donors (Lipinski definition) is 2. The molecule has 1 fully saturated rings. The second-order valence-electron chi connectivity index (χ2n) is 8.03. The average Bonchev–Trinajstić information content (AvgIpc) is 3.22. The summed E-state index contributed by atoms with van der Waals surface area (Å²) in [5, 5.41) is 4.14. The van der Waals surface area contributed by atoms with Crippen LogP contribution in [0.5, 0.6) is 0 Å². The lowest BCUT2D eigenvalue weighted by molar-refractivity contribution is -0.121. The van der Waals surface area contributed by atoms with Gasteiger partial charge < -0.3 is 15.0 Å². The largest absolute Gasteiger partial charge is 0.379 e. The van der Waals surface area contributed by atoms with Crippen molar-refractivity contribution in [1.82, 2.24) is 14.6 Å². The third kappa shape index (κ3) is 5.56. The number of rotatable bonds is 9. The minimum absolute atomic E-state index is 0.0318. The first-order valence-electron chi connectivity index (χ1n) is 11.0.